The largest absolute Gasteiger partial charge is 0.389 e. The number of aromatic nitrogens is 1. The van der Waals surface area contributed by atoms with Gasteiger partial charge in [0.2, 0.25) is 0 Å². The predicted octanol–water partition coefficient (Wildman–Crippen LogP) is 2.76. The average molecular weight is 246 g/mol. The van der Waals surface area contributed by atoms with Crippen LogP contribution in [0.15, 0.2) is 18.3 Å². The van der Waals surface area contributed by atoms with Crippen LogP contribution in [-0.2, 0) is 0 Å². The highest BCUT2D eigenvalue weighted by atomic mass is 16.3. The molecule has 0 aromatic carbocycles. The van der Waals surface area contributed by atoms with Gasteiger partial charge in [-0.15, -0.1) is 0 Å². The smallest absolute Gasteiger partial charge is 0.134 e. The summed E-state index contributed by atoms with van der Waals surface area (Å²) in [7, 11) is 0. The molecule has 1 atom stereocenters. The van der Waals surface area contributed by atoms with Crippen molar-refractivity contribution < 1.29 is 5.11 Å². The first kappa shape index (κ1) is 12.0. The Kier molecular flexibility index (Phi) is 3.25. The van der Waals surface area contributed by atoms with Crippen molar-refractivity contribution in [2.24, 2.45) is 11.8 Å². The maximum atomic E-state index is 9.89. The van der Waals surface area contributed by atoms with Gasteiger partial charge < -0.3 is 10.0 Å². The van der Waals surface area contributed by atoms with Crippen molar-refractivity contribution in [1.82, 2.24) is 4.98 Å². The summed E-state index contributed by atoms with van der Waals surface area (Å²) < 4.78 is 0. The fourth-order valence-electron chi connectivity index (χ4n) is 2.47. The molecule has 0 amide bonds. The van der Waals surface area contributed by atoms with E-state index in [0.717, 1.165) is 36.3 Å². The third-order valence-corrected chi connectivity index (χ3v) is 3.92. The number of hydrogen-bond donors (Lipinski definition) is 1. The zero-order valence-corrected chi connectivity index (χ0v) is 11.0. The summed E-state index contributed by atoms with van der Waals surface area (Å²) >= 11 is 0. The van der Waals surface area contributed by atoms with Gasteiger partial charge in [0.25, 0.3) is 0 Å². The molecule has 2 aliphatic rings. The highest BCUT2D eigenvalue weighted by Gasteiger charge is 2.30. The van der Waals surface area contributed by atoms with Crippen LogP contribution in [-0.4, -0.2) is 23.2 Å². The minimum absolute atomic E-state index is 0.436. The normalized spacial score (nSPS) is 20.8. The van der Waals surface area contributed by atoms with Crippen LogP contribution in [0, 0.1) is 11.8 Å². The lowest BCUT2D eigenvalue weighted by molar-refractivity contribution is 0.199. The third-order valence-electron chi connectivity index (χ3n) is 3.92. The first-order chi connectivity index (χ1) is 8.74. The van der Waals surface area contributed by atoms with Crippen LogP contribution in [0.3, 0.4) is 0 Å². The fraction of sp³-hybridized carbons (Fsp3) is 0.667. The lowest BCUT2D eigenvalue weighted by atomic mass is 10.1. The second kappa shape index (κ2) is 4.88. The van der Waals surface area contributed by atoms with Crippen molar-refractivity contribution in [1.29, 1.82) is 0 Å². The molecule has 0 unspecified atom stereocenters. The van der Waals surface area contributed by atoms with Crippen molar-refractivity contribution in [3.8, 4) is 0 Å². The molecule has 1 aromatic heterocycles. The summed E-state index contributed by atoms with van der Waals surface area (Å²) in [5.74, 6) is 2.71. The van der Waals surface area contributed by atoms with E-state index in [1.165, 1.54) is 25.7 Å². The van der Waals surface area contributed by atoms with Gasteiger partial charge in [-0.05, 0) is 50.5 Å². The molecule has 0 saturated heterocycles. The van der Waals surface area contributed by atoms with Gasteiger partial charge >= 0.3 is 0 Å². The lowest BCUT2D eigenvalue weighted by Gasteiger charge is -2.26. The zero-order valence-electron chi connectivity index (χ0n) is 11.0. The van der Waals surface area contributed by atoms with Crippen LogP contribution < -0.4 is 4.90 Å². The molecule has 3 heteroatoms. The molecule has 0 radical (unpaired) electrons. The zero-order chi connectivity index (χ0) is 12.5. The Morgan fingerprint density at radius 2 is 1.89 bits per heavy atom. The molecular weight excluding hydrogens is 224 g/mol. The van der Waals surface area contributed by atoms with E-state index in [0.29, 0.717) is 0 Å². The van der Waals surface area contributed by atoms with Gasteiger partial charge in [-0.2, -0.15) is 0 Å². The number of aliphatic hydroxyl groups is 1. The van der Waals surface area contributed by atoms with Gasteiger partial charge in [0, 0.05) is 24.8 Å². The Morgan fingerprint density at radius 1 is 1.28 bits per heavy atom. The summed E-state index contributed by atoms with van der Waals surface area (Å²) in [5.41, 5.74) is 0.971. The summed E-state index contributed by atoms with van der Waals surface area (Å²) in [5, 5.41) is 9.89. The van der Waals surface area contributed by atoms with E-state index < -0.39 is 6.10 Å². The molecule has 1 aromatic rings. The Balaban J connectivity index is 1.82. The first-order valence-electron chi connectivity index (χ1n) is 7.12. The highest BCUT2D eigenvalue weighted by Crippen LogP contribution is 2.36. The van der Waals surface area contributed by atoms with Crippen LogP contribution in [0.5, 0.6) is 0 Å². The van der Waals surface area contributed by atoms with E-state index in [-0.39, 0.29) is 0 Å². The Morgan fingerprint density at radius 3 is 2.39 bits per heavy atom. The molecule has 18 heavy (non-hydrogen) atoms. The molecule has 1 heterocycles. The van der Waals surface area contributed by atoms with Gasteiger partial charge in [0.15, 0.2) is 0 Å². The molecule has 3 rings (SSSR count). The van der Waals surface area contributed by atoms with E-state index in [2.05, 4.69) is 9.88 Å². The Hall–Kier alpha value is -1.09. The van der Waals surface area contributed by atoms with Crippen molar-refractivity contribution in [2.75, 3.05) is 18.0 Å². The van der Waals surface area contributed by atoms with Crippen LogP contribution in [0.4, 0.5) is 5.82 Å². The number of pyridine rings is 1. The van der Waals surface area contributed by atoms with Crippen LogP contribution in [0.1, 0.15) is 44.3 Å². The molecule has 0 aliphatic heterocycles. The van der Waals surface area contributed by atoms with Crippen molar-refractivity contribution >= 4 is 5.82 Å². The van der Waals surface area contributed by atoms with E-state index >= 15 is 0 Å². The van der Waals surface area contributed by atoms with Crippen molar-refractivity contribution in [2.45, 2.75) is 38.7 Å². The summed E-state index contributed by atoms with van der Waals surface area (Å²) in [6, 6.07) is 3.91. The quantitative estimate of drug-likeness (QED) is 0.838. The standard InChI is InChI=1S/C15H22N2O/c1-11(18)14-3-2-8-16-15(14)17(9-12-4-5-12)10-13-6-7-13/h2-3,8,11-13,18H,4-7,9-10H2,1H3/t11-/m0/s1. The third kappa shape index (κ3) is 2.83. The predicted molar refractivity (Wildman–Crippen MR) is 72.5 cm³/mol. The van der Waals surface area contributed by atoms with Crippen LogP contribution >= 0.6 is 0 Å². The van der Waals surface area contributed by atoms with E-state index in [1.807, 2.05) is 25.3 Å². The summed E-state index contributed by atoms with van der Waals surface area (Å²) in [6.45, 7) is 4.06. The number of aliphatic hydroxyl groups excluding tert-OH is 1. The fourth-order valence-corrected chi connectivity index (χ4v) is 2.47. The topological polar surface area (TPSA) is 36.4 Å². The lowest BCUT2D eigenvalue weighted by Crippen LogP contribution is -2.30. The number of rotatable bonds is 6. The molecule has 2 aliphatic carbocycles. The molecule has 3 nitrogen and oxygen atoms in total. The molecule has 0 spiro atoms. The van der Waals surface area contributed by atoms with Crippen molar-refractivity contribution in [3.63, 3.8) is 0 Å². The molecular formula is C15H22N2O. The molecule has 0 bridgehead atoms. The second-order valence-electron chi connectivity index (χ2n) is 5.88. The van der Waals surface area contributed by atoms with Gasteiger partial charge in [0.1, 0.15) is 5.82 Å². The SMILES string of the molecule is C[C@H](O)c1cccnc1N(CC1CC1)CC1CC1. The van der Waals surface area contributed by atoms with Crippen LogP contribution in [0.2, 0.25) is 0 Å². The number of nitrogens with zero attached hydrogens (tertiary/aromatic N) is 2. The molecule has 2 saturated carbocycles. The summed E-state index contributed by atoms with van der Waals surface area (Å²) in [4.78, 5) is 6.94. The Labute approximate surface area is 109 Å². The monoisotopic (exact) mass is 246 g/mol. The number of hydrogen-bond acceptors (Lipinski definition) is 3. The Bertz CT molecular complexity index is 397. The highest BCUT2D eigenvalue weighted by molar-refractivity contribution is 5.48. The maximum Gasteiger partial charge on any atom is 0.134 e. The summed E-state index contributed by atoms with van der Waals surface area (Å²) in [6.07, 6.45) is 6.84. The van der Waals surface area contributed by atoms with Crippen molar-refractivity contribution in [3.05, 3.63) is 23.9 Å². The van der Waals surface area contributed by atoms with Gasteiger partial charge in [0.05, 0.1) is 6.10 Å². The first-order valence-corrected chi connectivity index (χ1v) is 7.12. The van der Waals surface area contributed by atoms with Crippen LogP contribution in [0.25, 0.3) is 0 Å². The molecule has 98 valence electrons. The van der Waals surface area contributed by atoms with Gasteiger partial charge in [-0.1, -0.05) is 6.07 Å². The maximum absolute atomic E-state index is 9.89. The molecule has 2 fully saturated rings. The second-order valence-corrected chi connectivity index (χ2v) is 5.88. The van der Waals surface area contributed by atoms with E-state index in [4.69, 9.17) is 0 Å². The van der Waals surface area contributed by atoms with Gasteiger partial charge in [-0.25, -0.2) is 4.98 Å². The van der Waals surface area contributed by atoms with E-state index in [1.54, 1.807) is 0 Å². The minimum Gasteiger partial charge on any atom is -0.389 e. The van der Waals surface area contributed by atoms with E-state index in [9.17, 15) is 5.11 Å². The number of anilines is 1. The average Bonchev–Trinajstić information content (AvgIpc) is 3.23. The minimum atomic E-state index is -0.436. The molecule has 1 N–H and O–H groups in total. The van der Waals surface area contributed by atoms with Gasteiger partial charge in [-0.3, -0.25) is 0 Å².